The van der Waals surface area contributed by atoms with Crippen molar-refractivity contribution in [3.63, 3.8) is 0 Å². The average molecular weight is 761 g/mol. The lowest BCUT2D eigenvalue weighted by Crippen LogP contribution is -2.44. The molecule has 12 nitrogen and oxygen atoms in total. The monoisotopic (exact) mass is 760 g/mol. The quantitative estimate of drug-likeness (QED) is 0.219. The van der Waals surface area contributed by atoms with Gasteiger partial charge in [0.25, 0.3) is 5.56 Å². The molecule has 0 unspecified atom stereocenters. The summed E-state index contributed by atoms with van der Waals surface area (Å²) in [7, 11) is 4.08. The van der Waals surface area contributed by atoms with Crippen molar-refractivity contribution in [1.29, 1.82) is 0 Å². The van der Waals surface area contributed by atoms with Crippen molar-refractivity contribution in [2.24, 2.45) is 14.1 Å². The smallest absolute Gasteiger partial charge is 0.451 e. The van der Waals surface area contributed by atoms with E-state index in [0.717, 1.165) is 59.0 Å². The number of hydrogen-bond acceptors (Lipinski definition) is 9. The van der Waals surface area contributed by atoms with Gasteiger partial charge >= 0.3 is 11.9 Å². The molecule has 1 spiro atoms. The van der Waals surface area contributed by atoms with Crippen LogP contribution in [0.15, 0.2) is 52.1 Å². The summed E-state index contributed by atoms with van der Waals surface area (Å²) >= 11 is 7.18. The Morgan fingerprint density at radius 2 is 1.72 bits per heavy atom. The number of fused-ring (bicyclic) bond motifs is 2. The van der Waals surface area contributed by atoms with Crippen molar-refractivity contribution in [1.82, 2.24) is 34.3 Å². The molecule has 2 aromatic carbocycles. The molecule has 54 heavy (non-hydrogen) atoms. The van der Waals surface area contributed by atoms with Crippen molar-refractivity contribution in [3.8, 4) is 28.3 Å². The number of methoxy groups -OCH3 is 1. The Kier molecular flexibility index (Phi) is 8.56. The van der Waals surface area contributed by atoms with Gasteiger partial charge in [-0.05, 0) is 61.4 Å². The van der Waals surface area contributed by atoms with Crippen LogP contribution in [0.3, 0.4) is 0 Å². The summed E-state index contributed by atoms with van der Waals surface area (Å²) in [4.78, 5) is 52.5. The van der Waals surface area contributed by atoms with Crippen LogP contribution in [0.25, 0.3) is 33.4 Å². The van der Waals surface area contributed by atoms with Gasteiger partial charge in [-0.2, -0.15) is 13.2 Å². The molecule has 2 saturated heterocycles. The molecule has 16 heteroatoms. The van der Waals surface area contributed by atoms with Gasteiger partial charge < -0.3 is 15.4 Å². The van der Waals surface area contributed by atoms with Crippen LogP contribution in [0.1, 0.15) is 54.2 Å². The minimum absolute atomic E-state index is 0.116. The molecule has 0 bridgehead atoms. The molecule has 3 aromatic heterocycles. The zero-order valence-corrected chi connectivity index (χ0v) is 30.7. The molecule has 0 radical (unpaired) electrons. The molecule has 2 N–H and O–H groups in total. The Morgan fingerprint density at radius 1 is 0.981 bits per heavy atom. The lowest BCUT2D eigenvalue weighted by atomic mass is 9.96. The number of likely N-dealkylation sites (tertiary alicyclic amines) is 1. The van der Waals surface area contributed by atoms with Gasteiger partial charge in [0.2, 0.25) is 17.6 Å². The number of amides is 1. The number of nitrogens with one attached hydrogen (secondary N) is 2. The van der Waals surface area contributed by atoms with Crippen LogP contribution in [-0.4, -0.2) is 60.6 Å². The SMILES string of the molecule is COc1nc(-c2cccc(-c3cccc(Nc4nc(C(F)(F)F)nc5c4c(=O)n(C)c(=O)n5C)c3C)c2Cl)cc2c1[C@@H](N1CC[C@@]3(CCC(=O)N3)C1)CC2. The number of alkyl halides is 3. The van der Waals surface area contributed by atoms with Gasteiger partial charge in [-0.3, -0.25) is 23.6 Å². The number of carbonyl (C=O) groups excluding carboxylic acids is 1. The number of hydrogen-bond donors (Lipinski definition) is 2. The van der Waals surface area contributed by atoms with E-state index in [4.69, 9.17) is 21.3 Å². The van der Waals surface area contributed by atoms with Crippen LogP contribution in [0.2, 0.25) is 5.02 Å². The summed E-state index contributed by atoms with van der Waals surface area (Å²) in [5.41, 5.74) is 3.52. The summed E-state index contributed by atoms with van der Waals surface area (Å²) in [6, 6.07) is 13.0. The minimum atomic E-state index is -4.95. The molecule has 5 aromatic rings. The topological polar surface area (TPSA) is 136 Å². The first-order valence-corrected chi connectivity index (χ1v) is 17.9. The predicted molar refractivity (Wildman–Crippen MR) is 197 cm³/mol. The maximum Gasteiger partial charge on any atom is 0.451 e. The third-order valence-corrected chi connectivity index (χ3v) is 11.5. The van der Waals surface area contributed by atoms with Crippen molar-refractivity contribution in [2.45, 2.75) is 56.8 Å². The number of ether oxygens (including phenoxy) is 1. The largest absolute Gasteiger partial charge is 0.481 e. The number of pyridine rings is 1. The van der Waals surface area contributed by atoms with Gasteiger partial charge in [0.15, 0.2) is 5.65 Å². The van der Waals surface area contributed by atoms with Gasteiger partial charge in [0, 0.05) is 62.0 Å². The van der Waals surface area contributed by atoms with E-state index in [2.05, 4.69) is 31.6 Å². The molecule has 1 aliphatic carbocycles. The highest BCUT2D eigenvalue weighted by Gasteiger charge is 2.46. The first-order valence-electron chi connectivity index (χ1n) is 17.5. The fraction of sp³-hybridized carbons (Fsp3) is 0.368. The fourth-order valence-corrected chi connectivity index (χ4v) is 8.62. The fourth-order valence-electron chi connectivity index (χ4n) is 8.30. The zero-order chi connectivity index (χ0) is 38.3. The highest BCUT2D eigenvalue weighted by atomic mass is 35.5. The van der Waals surface area contributed by atoms with E-state index < -0.39 is 34.7 Å². The van der Waals surface area contributed by atoms with E-state index in [1.54, 1.807) is 26.2 Å². The summed E-state index contributed by atoms with van der Waals surface area (Å²) in [6.07, 6.45) is -0.884. The second kappa shape index (κ2) is 12.9. The van der Waals surface area contributed by atoms with E-state index in [0.29, 0.717) is 51.0 Å². The number of halogens is 4. The van der Waals surface area contributed by atoms with Crippen LogP contribution in [-0.2, 0) is 31.5 Å². The molecule has 2 atom stereocenters. The van der Waals surface area contributed by atoms with Crippen molar-refractivity contribution in [3.05, 3.63) is 90.8 Å². The van der Waals surface area contributed by atoms with Gasteiger partial charge in [0.05, 0.1) is 23.4 Å². The van der Waals surface area contributed by atoms with E-state index in [1.165, 1.54) is 14.1 Å². The highest BCUT2D eigenvalue weighted by molar-refractivity contribution is 6.36. The number of rotatable bonds is 6. The molecule has 280 valence electrons. The van der Waals surface area contributed by atoms with Gasteiger partial charge in [0.1, 0.15) is 11.2 Å². The van der Waals surface area contributed by atoms with Gasteiger partial charge in [-0.25, -0.2) is 19.7 Å². The first-order chi connectivity index (χ1) is 25.7. The van der Waals surface area contributed by atoms with E-state index in [1.807, 2.05) is 24.3 Å². The summed E-state index contributed by atoms with van der Waals surface area (Å²) in [5.74, 6) is -1.25. The van der Waals surface area contributed by atoms with E-state index >= 15 is 0 Å². The number of aromatic nitrogens is 5. The zero-order valence-electron chi connectivity index (χ0n) is 29.9. The lowest BCUT2D eigenvalue weighted by molar-refractivity contribution is -0.144. The first kappa shape index (κ1) is 35.7. The summed E-state index contributed by atoms with van der Waals surface area (Å²) in [6.45, 7) is 3.45. The van der Waals surface area contributed by atoms with Gasteiger partial charge in [-0.15, -0.1) is 0 Å². The number of benzene rings is 2. The summed E-state index contributed by atoms with van der Waals surface area (Å²) in [5, 5.41) is 6.29. The maximum atomic E-state index is 13.9. The van der Waals surface area contributed by atoms with Gasteiger partial charge in [-0.1, -0.05) is 41.9 Å². The molecular weight excluding hydrogens is 725 g/mol. The van der Waals surface area contributed by atoms with Crippen LogP contribution in [0.4, 0.5) is 24.7 Å². The Bertz CT molecular complexity index is 2520. The van der Waals surface area contributed by atoms with Crippen LogP contribution >= 0.6 is 11.6 Å². The molecule has 2 aliphatic heterocycles. The van der Waals surface area contributed by atoms with E-state index in [-0.39, 0.29) is 22.9 Å². The van der Waals surface area contributed by atoms with Crippen molar-refractivity contribution in [2.75, 3.05) is 25.5 Å². The van der Waals surface area contributed by atoms with Crippen LogP contribution < -0.4 is 26.6 Å². The molecular formula is C38H36ClF3N8O4. The van der Waals surface area contributed by atoms with E-state index in [9.17, 15) is 27.6 Å². The number of nitrogens with zero attached hydrogens (tertiary/aromatic N) is 6. The Labute approximate surface area is 312 Å². The van der Waals surface area contributed by atoms with Crippen LogP contribution in [0, 0.1) is 6.92 Å². The lowest BCUT2D eigenvalue weighted by Gasteiger charge is -2.28. The average Bonchev–Trinajstić information content (AvgIpc) is 3.87. The molecule has 3 aliphatic rings. The molecule has 8 rings (SSSR count). The van der Waals surface area contributed by atoms with Crippen molar-refractivity contribution >= 4 is 40.0 Å². The minimum Gasteiger partial charge on any atom is -0.481 e. The van der Waals surface area contributed by atoms with Crippen LogP contribution in [0.5, 0.6) is 5.88 Å². The normalized spacial score (nSPS) is 19.9. The molecule has 5 heterocycles. The van der Waals surface area contributed by atoms with Crippen molar-refractivity contribution < 1.29 is 22.7 Å². The molecule has 0 saturated carbocycles. The Hall–Kier alpha value is -5.28. The maximum absolute atomic E-state index is 13.9. The Morgan fingerprint density at radius 3 is 2.44 bits per heavy atom. The number of aryl methyl sites for hydroxylation is 2. The standard InChI is InChI=1S/C38H36ClF3N8O4/c1-19-21(7-6-10-24(19)43-31-29-32(46-35(45-31)38(40,41)42)48(2)36(53)49(3)34(29)52)22-8-5-9-23(30(22)39)25-17-20-11-12-26(28(20)33(44-25)54-4)50-16-15-37(18-50)14-13-27(51)47-37/h5-10,17,26H,11-16,18H2,1-4H3,(H,47,51)(H,43,45,46)/t26-,37-/m0/s1. The second-order valence-corrected chi connectivity index (χ2v) is 14.6. The Balaban J connectivity index is 1.15. The predicted octanol–water partition coefficient (Wildman–Crippen LogP) is 5.83. The molecule has 1 amide bonds. The summed E-state index contributed by atoms with van der Waals surface area (Å²) < 4.78 is 49.4. The number of carbonyl (C=O) groups is 1. The molecule has 2 fully saturated rings. The number of anilines is 2. The highest BCUT2D eigenvalue weighted by Crippen LogP contribution is 2.47. The third-order valence-electron chi connectivity index (χ3n) is 11.1. The third kappa shape index (κ3) is 5.80. The second-order valence-electron chi connectivity index (χ2n) is 14.3.